The van der Waals surface area contributed by atoms with Crippen LogP contribution in [-0.2, 0) is 14.6 Å². The Morgan fingerprint density at radius 1 is 1.21 bits per heavy atom. The molecule has 19 heavy (non-hydrogen) atoms. The van der Waals surface area contributed by atoms with Crippen molar-refractivity contribution in [1.29, 1.82) is 0 Å². The summed E-state index contributed by atoms with van der Waals surface area (Å²) in [5.41, 5.74) is -0.0320. The Morgan fingerprint density at radius 2 is 1.74 bits per heavy atom. The first-order chi connectivity index (χ1) is 8.64. The summed E-state index contributed by atoms with van der Waals surface area (Å²) in [4.78, 5) is 9.63. The van der Waals surface area contributed by atoms with Crippen LogP contribution in [0.3, 0.4) is 0 Å². The van der Waals surface area contributed by atoms with Crippen molar-refractivity contribution in [2.24, 2.45) is 5.73 Å². The summed E-state index contributed by atoms with van der Waals surface area (Å²) < 4.78 is 58.9. The van der Waals surface area contributed by atoms with Crippen molar-refractivity contribution in [3.05, 3.63) is 24.3 Å². The lowest BCUT2D eigenvalue weighted by molar-refractivity contribution is -0.117. The molecule has 0 aromatic heterocycles. The Hall–Kier alpha value is -1.77. The number of rotatable bonds is 5. The third-order valence-electron chi connectivity index (χ3n) is 2.17. The van der Waals surface area contributed by atoms with Crippen LogP contribution in [0.1, 0.15) is 6.42 Å². The van der Waals surface area contributed by atoms with Gasteiger partial charge in [-0.1, -0.05) is 0 Å². The maximum absolute atomic E-state index is 12.3. The molecule has 0 radical (unpaired) electrons. The Bertz CT molecular complexity index is 552. The van der Waals surface area contributed by atoms with E-state index in [1.54, 1.807) is 0 Å². The largest absolute Gasteiger partial charge is 0.501 e. The summed E-state index contributed by atoms with van der Waals surface area (Å²) in [5.74, 6) is -0.524. The molecule has 0 saturated heterocycles. The number of nitrogens with two attached hydrogens (primary N) is 1. The first-order valence-corrected chi connectivity index (χ1v) is 6.56. The predicted octanol–water partition coefficient (Wildman–Crippen LogP) is 1.27. The fourth-order valence-corrected chi connectivity index (χ4v) is 1.98. The van der Waals surface area contributed by atoms with Crippen molar-refractivity contribution in [2.75, 3.05) is 11.9 Å². The van der Waals surface area contributed by atoms with E-state index in [4.69, 9.17) is 5.73 Å². The average Bonchev–Trinajstić information content (AvgIpc) is 2.27. The topological polar surface area (TPSA) is 89.3 Å². The number of carbonyl (C=O) groups is 1. The molecule has 3 N–H and O–H groups in total. The molecule has 1 amide bonds. The van der Waals surface area contributed by atoms with Gasteiger partial charge in [-0.15, -0.1) is 0 Å². The Morgan fingerprint density at radius 3 is 2.16 bits per heavy atom. The van der Waals surface area contributed by atoms with E-state index in [1.807, 2.05) is 0 Å². The summed E-state index contributed by atoms with van der Waals surface area (Å²) >= 11 is 0. The Balaban J connectivity index is 2.80. The first kappa shape index (κ1) is 15.3. The minimum Gasteiger partial charge on any atom is -0.385 e. The van der Waals surface area contributed by atoms with Crippen LogP contribution in [0.4, 0.5) is 18.9 Å². The smallest absolute Gasteiger partial charge is 0.385 e. The molecule has 0 aliphatic rings. The first-order valence-electron chi connectivity index (χ1n) is 5.08. The van der Waals surface area contributed by atoms with Crippen LogP contribution in [0.15, 0.2) is 29.2 Å². The number of anilines is 1. The van der Waals surface area contributed by atoms with Crippen LogP contribution in [0.2, 0.25) is 0 Å². The number of hydrogen-bond donors (Lipinski definition) is 2. The fraction of sp³-hybridized carbons (Fsp3) is 0.300. The monoisotopic (exact) mass is 296 g/mol. The summed E-state index contributed by atoms with van der Waals surface area (Å²) in [6, 6.07) is 4.05. The second kappa shape index (κ2) is 5.47. The molecule has 0 bridgehead atoms. The van der Waals surface area contributed by atoms with E-state index in [0.717, 1.165) is 12.1 Å². The van der Waals surface area contributed by atoms with Gasteiger partial charge in [0.25, 0.3) is 9.84 Å². The van der Waals surface area contributed by atoms with E-state index in [2.05, 4.69) is 5.32 Å². The molecule has 106 valence electrons. The minimum absolute atomic E-state index is 0.0581. The van der Waals surface area contributed by atoms with Gasteiger partial charge in [0.1, 0.15) is 0 Å². The van der Waals surface area contributed by atoms with Gasteiger partial charge in [-0.3, -0.25) is 4.79 Å². The third-order valence-corrected chi connectivity index (χ3v) is 3.67. The maximum atomic E-state index is 12.3. The van der Waals surface area contributed by atoms with E-state index >= 15 is 0 Å². The maximum Gasteiger partial charge on any atom is 0.501 e. The highest BCUT2D eigenvalue weighted by Crippen LogP contribution is 2.30. The molecular formula is C10H11F3N2O3S. The van der Waals surface area contributed by atoms with E-state index in [0.29, 0.717) is 5.69 Å². The minimum atomic E-state index is -5.33. The van der Waals surface area contributed by atoms with Gasteiger partial charge in [-0.25, -0.2) is 8.42 Å². The van der Waals surface area contributed by atoms with Crippen molar-refractivity contribution >= 4 is 21.4 Å². The van der Waals surface area contributed by atoms with E-state index in [9.17, 15) is 26.4 Å². The zero-order chi connectivity index (χ0) is 14.7. The zero-order valence-electron chi connectivity index (χ0n) is 9.57. The summed E-state index contributed by atoms with van der Waals surface area (Å²) in [5, 5.41) is 2.72. The average molecular weight is 296 g/mol. The molecule has 0 heterocycles. The van der Waals surface area contributed by atoms with Crippen molar-refractivity contribution in [3.63, 3.8) is 0 Å². The van der Waals surface area contributed by atoms with Crippen LogP contribution in [0, 0.1) is 0 Å². The molecule has 0 aliphatic heterocycles. The second-order valence-corrected chi connectivity index (χ2v) is 5.56. The van der Waals surface area contributed by atoms with Gasteiger partial charge in [0, 0.05) is 18.7 Å². The SMILES string of the molecule is NC(=O)CCNc1ccc(S(=O)(=O)C(F)(F)F)cc1. The van der Waals surface area contributed by atoms with Crippen molar-refractivity contribution in [2.45, 2.75) is 16.8 Å². The van der Waals surface area contributed by atoms with Crippen LogP contribution in [-0.4, -0.2) is 26.4 Å². The molecule has 0 spiro atoms. The van der Waals surface area contributed by atoms with Gasteiger partial charge in [0.15, 0.2) is 0 Å². The molecule has 0 aliphatic carbocycles. The molecule has 0 saturated carbocycles. The molecule has 1 rings (SSSR count). The number of nitrogens with one attached hydrogen (secondary N) is 1. The lowest BCUT2D eigenvalue weighted by atomic mass is 10.3. The standard InChI is InChI=1S/C10H11F3N2O3S/c11-10(12,13)19(17,18)8-3-1-7(2-4-8)15-6-5-9(14)16/h1-4,15H,5-6H2,(H2,14,16). The van der Waals surface area contributed by atoms with Crippen molar-refractivity contribution < 1.29 is 26.4 Å². The summed E-state index contributed by atoms with van der Waals surface area (Å²) in [6.07, 6.45) is 0.0581. The fourth-order valence-electron chi connectivity index (χ4n) is 1.22. The van der Waals surface area contributed by atoms with Crippen LogP contribution in [0.5, 0.6) is 0 Å². The molecule has 0 fully saturated rings. The Labute approximate surface area is 107 Å². The molecule has 0 atom stereocenters. The number of carbonyl (C=O) groups excluding carboxylic acids is 1. The highest BCUT2D eigenvalue weighted by Gasteiger charge is 2.46. The summed E-state index contributed by atoms with van der Waals surface area (Å²) in [7, 11) is -5.33. The zero-order valence-corrected chi connectivity index (χ0v) is 10.4. The van der Waals surface area contributed by atoms with Gasteiger partial charge in [0.2, 0.25) is 5.91 Å². The number of halogens is 3. The molecule has 1 aromatic rings. The number of primary amides is 1. The van der Waals surface area contributed by atoms with E-state index in [1.165, 1.54) is 12.1 Å². The molecule has 1 aromatic carbocycles. The van der Waals surface area contributed by atoms with Crippen LogP contribution < -0.4 is 11.1 Å². The summed E-state index contributed by atoms with van der Waals surface area (Å²) in [6.45, 7) is 0.209. The van der Waals surface area contributed by atoms with E-state index < -0.39 is 26.1 Å². The Kier molecular flexibility index (Phi) is 4.40. The van der Waals surface area contributed by atoms with E-state index in [-0.39, 0.29) is 13.0 Å². The predicted molar refractivity (Wildman–Crippen MR) is 62.0 cm³/mol. The lowest BCUT2D eigenvalue weighted by Gasteiger charge is -2.09. The number of benzene rings is 1. The number of alkyl halides is 3. The second-order valence-electron chi connectivity index (χ2n) is 3.62. The van der Waals surface area contributed by atoms with Crippen LogP contribution >= 0.6 is 0 Å². The van der Waals surface area contributed by atoms with Crippen molar-refractivity contribution in [3.8, 4) is 0 Å². The molecular weight excluding hydrogens is 285 g/mol. The third kappa shape index (κ3) is 3.85. The normalized spacial score (nSPS) is 12.2. The van der Waals surface area contributed by atoms with Crippen molar-refractivity contribution in [1.82, 2.24) is 0 Å². The van der Waals surface area contributed by atoms with Gasteiger partial charge < -0.3 is 11.1 Å². The van der Waals surface area contributed by atoms with Gasteiger partial charge in [0.05, 0.1) is 4.90 Å². The number of hydrogen-bond acceptors (Lipinski definition) is 4. The quantitative estimate of drug-likeness (QED) is 0.856. The molecule has 5 nitrogen and oxygen atoms in total. The highest BCUT2D eigenvalue weighted by atomic mass is 32.2. The highest BCUT2D eigenvalue weighted by molar-refractivity contribution is 7.92. The van der Waals surface area contributed by atoms with Gasteiger partial charge in [-0.05, 0) is 24.3 Å². The van der Waals surface area contributed by atoms with Crippen LogP contribution in [0.25, 0.3) is 0 Å². The molecule has 9 heteroatoms. The van der Waals surface area contributed by atoms with Gasteiger partial charge >= 0.3 is 5.51 Å². The number of amides is 1. The molecule has 0 unspecified atom stereocenters. The lowest BCUT2D eigenvalue weighted by Crippen LogP contribution is -2.23. The number of sulfone groups is 1. The van der Waals surface area contributed by atoms with Gasteiger partial charge in [-0.2, -0.15) is 13.2 Å².